The van der Waals surface area contributed by atoms with Crippen LogP contribution < -0.4 is 10.2 Å². The molecule has 0 spiro atoms. The lowest BCUT2D eigenvalue weighted by atomic mass is 10.2. The molecule has 0 aromatic heterocycles. The van der Waals surface area contributed by atoms with Gasteiger partial charge in [-0.05, 0) is 42.8 Å². The van der Waals surface area contributed by atoms with Crippen LogP contribution in [0, 0.1) is 0 Å². The molecule has 0 radical (unpaired) electrons. The van der Waals surface area contributed by atoms with Gasteiger partial charge in [0.15, 0.2) is 28.7 Å². The number of amides is 1. The van der Waals surface area contributed by atoms with E-state index in [0.29, 0.717) is 17.9 Å². The number of nitrogens with zero attached hydrogens (tertiary/aromatic N) is 1. The summed E-state index contributed by atoms with van der Waals surface area (Å²) in [7, 11) is 0. The molecule has 0 aliphatic carbocycles. The van der Waals surface area contributed by atoms with E-state index in [1.165, 1.54) is 12.3 Å². The molecule has 0 heterocycles. The van der Waals surface area contributed by atoms with Gasteiger partial charge in [0.1, 0.15) is 0 Å². The van der Waals surface area contributed by atoms with Crippen molar-refractivity contribution >= 4 is 12.1 Å². The van der Waals surface area contributed by atoms with Gasteiger partial charge < -0.3 is 25.2 Å². The largest absolute Gasteiger partial charge is 0.504 e. The quantitative estimate of drug-likeness (QED) is 0.321. The smallest absolute Gasteiger partial charge is 0.271 e. The zero-order valence-electron chi connectivity index (χ0n) is 12.7. The molecule has 0 fully saturated rings. The summed E-state index contributed by atoms with van der Waals surface area (Å²) in [5, 5.41) is 41.3. The van der Waals surface area contributed by atoms with Crippen LogP contribution in [0.5, 0.6) is 28.7 Å². The van der Waals surface area contributed by atoms with Crippen molar-refractivity contribution in [1.29, 1.82) is 0 Å². The molecule has 0 saturated heterocycles. The SMILES string of the molecule is CCOc1cc(C=NNC(=O)c2cc(O)c(O)c(O)c2)ccc1O. The molecule has 0 bridgehead atoms. The Kier molecular flexibility index (Phi) is 5.10. The number of aromatic hydroxyl groups is 4. The number of hydrogen-bond donors (Lipinski definition) is 5. The second kappa shape index (κ2) is 7.23. The lowest BCUT2D eigenvalue weighted by Gasteiger charge is -2.06. The molecule has 0 aliphatic rings. The van der Waals surface area contributed by atoms with Gasteiger partial charge in [0.25, 0.3) is 5.91 Å². The van der Waals surface area contributed by atoms with E-state index in [0.717, 1.165) is 12.1 Å². The van der Waals surface area contributed by atoms with E-state index < -0.39 is 23.2 Å². The standard InChI is InChI=1S/C16H16N2O6/c1-2-24-14-5-9(3-4-11(14)19)8-17-18-16(23)10-6-12(20)15(22)13(21)7-10/h3-8,19-22H,2H2,1H3,(H,18,23). The first-order valence-electron chi connectivity index (χ1n) is 6.96. The van der Waals surface area contributed by atoms with Crippen molar-refractivity contribution in [3.63, 3.8) is 0 Å². The van der Waals surface area contributed by atoms with Crippen LogP contribution in [0.15, 0.2) is 35.4 Å². The third-order valence-corrected chi connectivity index (χ3v) is 3.00. The minimum atomic E-state index is -0.706. The number of carbonyl (C=O) groups excluding carboxylic acids is 1. The van der Waals surface area contributed by atoms with E-state index >= 15 is 0 Å². The van der Waals surface area contributed by atoms with Gasteiger partial charge in [-0.25, -0.2) is 5.43 Å². The average molecular weight is 332 g/mol. The van der Waals surface area contributed by atoms with Crippen LogP contribution in [0.25, 0.3) is 0 Å². The first-order chi connectivity index (χ1) is 11.4. The lowest BCUT2D eigenvalue weighted by molar-refractivity contribution is 0.0954. The molecule has 2 aromatic carbocycles. The van der Waals surface area contributed by atoms with Crippen LogP contribution in [0.3, 0.4) is 0 Å². The topological polar surface area (TPSA) is 132 Å². The molecule has 0 unspecified atom stereocenters. The Bertz CT molecular complexity index is 765. The second-order valence-corrected chi connectivity index (χ2v) is 4.72. The maximum atomic E-state index is 11.9. The molecular formula is C16H16N2O6. The first kappa shape index (κ1) is 16.9. The van der Waals surface area contributed by atoms with E-state index in [2.05, 4.69) is 10.5 Å². The van der Waals surface area contributed by atoms with Crippen LogP contribution in [0.4, 0.5) is 0 Å². The van der Waals surface area contributed by atoms with Crippen LogP contribution in [-0.4, -0.2) is 39.2 Å². The molecule has 24 heavy (non-hydrogen) atoms. The fourth-order valence-electron chi connectivity index (χ4n) is 1.85. The van der Waals surface area contributed by atoms with Gasteiger partial charge in [0, 0.05) is 5.56 Å². The summed E-state index contributed by atoms with van der Waals surface area (Å²) in [4.78, 5) is 11.9. The van der Waals surface area contributed by atoms with Gasteiger partial charge in [-0.15, -0.1) is 0 Å². The Morgan fingerprint density at radius 2 is 1.79 bits per heavy atom. The first-order valence-corrected chi connectivity index (χ1v) is 6.96. The van der Waals surface area contributed by atoms with Gasteiger partial charge in [0.2, 0.25) is 0 Å². The monoisotopic (exact) mass is 332 g/mol. The minimum absolute atomic E-state index is 0.00641. The summed E-state index contributed by atoms with van der Waals surface area (Å²) in [6.45, 7) is 2.17. The molecule has 8 nitrogen and oxygen atoms in total. The normalized spacial score (nSPS) is 10.7. The van der Waals surface area contributed by atoms with Crippen LogP contribution >= 0.6 is 0 Å². The molecule has 126 valence electrons. The number of phenols is 4. The predicted octanol–water partition coefficient (Wildman–Crippen LogP) is 1.67. The number of hydrazone groups is 1. The number of rotatable bonds is 5. The molecular weight excluding hydrogens is 316 g/mol. The molecule has 2 aromatic rings. The highest BCUT2D eigenvalue weighted by Crippen LogP contribution is 2.35. The number of phenolic OH excluding ortho intramolecular Hbond substituents is 4. The van der Waals surface area contributed by atoms with Crippen molar-refractivity contribution < 1.29 is 30.0 Å². The number of hydrogen-bond acceptors (Lipinski definition) is 7. The highest BCUT2D eigenvalue weighted by Gasteiger charge is 2.13. The zero-order chi connectivity index (χ0) is 17.7. The van der Waals surface area contributed by atoms with Gasteiger partial charge in [0.05, 0.1) is 12.8 Å². The predicted molar refractivity (Wildman–Crippen MR) is 85.8 cm³/mol. The van der Waals surface area contributed by atoms with E-state index in [1.807, 2.05) is 0 Å². The maximum Gasteiger partial charge on any atom is 0.271 e. The highest BCUT2D eigenvalue weighted by molar-refractivity contribution is 5.96. The average Bonchev–Trinajstić information content (AvgIpc) is 2.55. The van der Waals surface area contributed by atoms with Gasteiger partial charge in [-0.3, -0.25) is 4.79 Å². The fraction of sp³-hybridized carbons (Fsp3) is 0.125. The Labute approximate surface area is 137 Å². The van der Waals surface area contributed by atoms with Crippen molar-refractivity contribution in [3.05, 3.63) is 41.5 Å². The Balaban J connectivity index is 2.09. The number of ether oxygens (including phenoxy) is 1. The zero-order valence-corrected chi connectivity index (χ0v) is 12.7. The van der Waals surface area contributed by atoms with Gasteiger partial charge in [-0.2, -0.15) is 5.10 Å². The van der Waals surface area contributed by atoms with E-state index in [9.17, 15) is 25.2 Å². The van der Waals surface area contributed by atoms with Crippen molar-refractivity contribution in [2.24, 2.45) is 5.10 Å². The summed E-state index contributed by atoms with van der Waals surface area (Å²) in [5.41, 5.74) is 2.70. The van der Waals surface area contributed by atoms with Crippen molar-refractivity contribution in [3.8, 4) is 28.7 Å². The second-order valence-electron chi connectivity index (χ2n) is 4.72. The van der Waals surface area contributed by atoms with Crippen LogP contribution in [0.1, 0.15) is 22.8 Å². The highest BCUT2D eigenvalue weighted by atomic mass is 16.5. The molecule has 0 saturated carbocycles. The fourth-order valence-corrected chi connectivity index (χ4v) is 1.85. The van der Waals surface area contributed by atoms with Crippen LogP contribution in [-0.2, 0) is 0 Å². The Morgan fingerprint density at radius 1 is 1.12 bits per heavy atom. The third kappa shape index (κ3) is 3.86. The van der Waals surface area contributed by atoms with Gasteiger partial charge in [-0.1, -0.05) is 0 Å². The van der Waals surface area contributed by atoms with Gasteiger partial charge >= 0.3 is 0 Å². The summed E-state index contributed by atoms with van der Waals surface area (Å²) in [6.07, 6.45) is 1.33. The number of nitrogens with one attached hydrogen (secondary N) is 1. The van der Waals surface area contributed by atoms with E-state index in [4.69, 9.17) is 4.74 Å². The van der Waals surface area contributed by atoms with Crippen LogP contribution in [0.2, 0.25) is 0 Å². The number of carbonyl (C=O) groups is 1. The van der Waals surface area contributed by atoms with Crippen molar-refractivity contribution in [2.75, 3.05) is 6.61 Å². The van der Waals surface area contributed by atoms with Crippen molar-refractivity contribution in [1.82, 2.24) is 5.43 Å². The molecule has 8 heteroatoms. The molecule has 1 amide bonds. The maximum absolute atomic E-state index is 11.9. The summed E-state index contributed by atoms with van der Waals surface area (Å²) in [6, 6.07) is 6.55. The molecule has 0 atom stereocenters. The number of benzene rings is 2. The Morgan fingerprint density at radius 3 is 2.42 bits per heavy atom. The van der Waals surface area contributed by atoms with E-state index in [-0.39, 0.29) is 11.3 Å². The van der Waals surface area contributed by atoms with Crippen molar-refractivity contribution in [2.45, 2.75) is 6.92 Å². The lowest BCUT2D eigenvalue weighted by Crippen LogP contribution is -2.17. The van der Waals surface area contributed by atoms with E-state index in [1.54, 1.807) is 19.1 Å². The summed E-state index contributed by atoms with van der Waals surface area (Å²) in [5.74, 6) is -2.36. The molecule has 5 N–H and O–H groups in total. The Hall–Kier alpha value is -3.42. The summed E-state index contributed by atoms with van der Waals surface area (Å²) >= 11 is 0. The molecule has 0 aliphatic heterocycles. The minimum Gasteiger partial charge on any atom is -0.504 e. The molecule has 2 rings (SSSR count). The third-order valence-electron chi connectivity index (χ3n) is 3.00. The summed E-state index contributed by atoms with van der Waals surface area (Å²) < 4.78 is 5.23.